The molecule has 1 aliphatic rings. The van der Waals surface area contributed by atoms with Gasteiger partial charge in [0.15, 0.2) is 0 Å². The van der Waals surface area contributed by atoms with E-state index in [-0.39, 0.29) is 17.0 Å². The minimum atomic E-state index is -0.453. The third-order valence-electron chi connectivity index (χ3n) is 5.08. The first-order chi connectivity index (χ1) is 15.5. The topological polar surface area (TPSA) is 96.9 Å². The molecule has 0 saturated carbocycles. The Bertz CT molecular complexity index is 1290. The number of aryl methyl sites for hydroxylation is 2. The van der Waals surface area contributed by atoms with Gasteiger partial charge in [-0.25, -0.2) is 0 Å². The van der Waals surface area contributed by atoms with Crippen molar-refractivity contribution < 1.29 is 14.3 Å². The number of rotatable bonds is 4. The van der Waals surface area contributed by atoms with Gasteiger partial charge in [-0.3, -0.25) is 14.0 Å². The summed E-state index contributed by atoms with van der Waals surface area (Å²) in [7, 11) is 0. The van der Waals surface area contributed by atoms with E-state index < -0.39 is 11.5 Å². The second-order valence-electron chi connectivity index (χ2n) is 7.56. The number of amides is 1. The molecule has 3 aromatic rings. The van der Waals surface area contributed by atoms with Crippen molar-refractivity contribution in [3.05, 3.63) is 75.2 Å². The number of carbonyl (C=O) groups excluding carboxylic acids is 1. The number of nitriles is 1. The van der Waals surface area contributed by atoms with Crippen molar-refractivity contribution in [2.45, 2.75) is 13.8 Å². The van der Waals surface area contributed by atoms with E-state index in [1.807, 2.05) is 38.1 Å². The lowest BCUT2D eigenvalue weighted by Crippen LogP contribution is -2.41. The van der Waals surface area contributed by atoms with Crippen molar-refractivity contribution in [2.75, 3.05) is 26.3 Å². The average molecular weight is 430 g/mol. The number of carbonyl (C=O) groups is 1. The van der Waals surface area contributed by atoms with Gasteiger partial charge in [-0.2, -0.15) is 10.2 Å². The molecule has 3 heterocycles. The number of hydrogen-bond donors (Lipinski definition) is 0. The Balaban J connectivity index is 1.84. The van der Waals surface area contributed by atoms with Crippen molar-refractivity contribution in [3.8, 4) is 17.7 Å². The highest BCUT2D eigenvalue weighted by Gasteiger charge is 2.23. The molecular formula is C24H22N4O4. The van der Waals surface area contributed by atoms with Crippen molar-refractivity contribution in [1.29, 1.82) is 5.26 Å². The first kappa shape index (κ1) is 21.3. The Morgan fingerprint density at radius 2 is 1.91 bits per heavy atom. The summed E-state index contributed by atoms with van der Waals surface area (Å²) in [6, 6.07) is 12.8. The molecule has 8 nitrogen and oxygen atoms in total. The summed E-state index contributed by atoms with van der Waals surface area (Å²) >= 11 is 0. The van der Waals surface area contributed by atoms with Crippen LogP contribution >= 0.6 is 0 Å². The standard InChI is InChI=1S/C24H22N4O4/c1-16-11-17(2)13-19(12-16)32-22-20(24(30)28-6-4-3-5-21(28)26-22)14-18(15-25)23(29)27-7-9-31-10-8-27/h3-6,11-14H,7-10H2,1-2H3. The summed E-state index contributed by atoms with van der Waals surface area (Å²) in [5, 5.41) is 9.68. The van der Waals surface area contributed by atoms with E-state index in [1.165, 1.54) is 15.4 Å². The van der Waals surface area contributed by atoms with Crippen LogP contribution in [0.5, 0.6) is 11.6 Å². The first-order valence-corrected chi connectivity index (χ1v) is 10.2. The van der Waals surface area contributed by atoms with E-state index >= 15 is 0 Å². The summed E-state index contributed by atoms with van der Waals surface area (Å²) in [6.07, 6.45) is 2.85. The van der Waals surface area contributed by atoms with E-state index in [2.05, 4.69) is 4.98 Å². The van der Waals surface area contributed by atoms with Crippen LogP contribution in [0.4, 0.5) is 0 Å². The maximum Gasteiger partial charge on any atom is 0.269 e. The molecule has 0 radical (unpaired) electrons. The van der Waals surface area contributed by atoms with Gasteiger partial charge in [0.2, 0.25) is 5.88 Å². The summed E-state index contributed by atoms with van der Waals surface area (Å²) in [5.74, 6) is 0.0989. The number of hydrogen-bond acceptors (Lipinski definition) is 6. The molecule has 0 unspecified atom stereocenters. The SMILES string of the molecule is Cc1cc(C)cc(Oc2nc3ccccn3c(=O)c2C=C(C#N)C(=O)N2CCOCC2)c1. The highest BCUT2D eigenvalue weighted by Crippen LogP contribution is 2.26. The number of nitrogens with zero attached hydrogens (tertiary/aromatic N) is 4. The van der Waals surface area contributed by atoms with Gasteiger partial charge in [-0.1, -0.05) is 12.1 Å². The number of ether oxygens (including phenoxy) is 2. The van der Waals surface area contributed by atoms with Gasteiger partial charge in [0, 0.05) is 19.3 Å². The van der Waals surface area contributed by atoms with Crippen molar-refractivity contribution in [2.24, 2.45) is 0 Å². The van der Waals surface area contributed by atoms with Crippen LogP contribution in [0.3, 0.4) is 0 Å². The van der Waals surface area contributed by atoms with Gasteiger partial charge in [0.1, 0.15) is 28.6 Å². The molecule has 1 saturated heterocycles. The fourth-order valence-electron chi connectivity index (χ4n) is 3.61. The van der Waals surface area contributed by atoms with Gasteiger partial charge in [0.05, 0.1) is 13.2 Å². The predicted molar refractivity (Wildman–Crippen MR) is 118 cm³/mol. The third kappa shape index (κ3) is 4.38. The highest BCUT2D eigenvalue weighted by molar-refractivity contribution is 6.02. The van der Waals surface area contributed by atoms with Crippen LogP contribution in [0.2, 0.25) is 0 Å². The van der Waals surface area contributed by atoms with Crippen LogP contribution in [-0.4, -0.2) is 46.5 Å². The smallest absolute Gasteiger partial charge is 0.269 e. The van der Waals surface area contributed by atoms with Crippen LogP contribution in [-0.2, 0) is 9.53 Å². The fourth-order valence-corrected chi connectivity index (χ4v) is 3.61. The Labute approximate surface area is 184 Å². The van der Waals surface area contributed by atoms with Gasteiger partial charge in [-0.15, -0.1) is 0 Å². The van der Waals surface area contributed by atoms with E-state index in [9.17, 15) is 14.9 Å². The Morgan fingerprint density at radius 1 is 1.19 bits per heavy atom. The van der Waals surface area contributed by atoms with Crippen molar-refractivity contribution in [3.63, 3.8) is 0 Å². The number of aromatic nitrogens is 2. The largest absolute Gasteiger partial charge is 0.438 e. The summed E-state index contributed by atoms with van der Waals surface area (Å²) in [4.78, 5) is 32.2. The second-order valence-corrected chi connectivity index (χ2v) is 7.56. The van der Waals surface area contributed by atoms with Crippen LogP contribution in [0.25, 0.3) is 11.7 Å². The average Bonchev–Trinajstić information content (AvgIpc) is 2.78. The van der Waals surface area contributed by atoms with Crippen LogP contribution < -0.4 is 10.3 Å². The Kier molecular flexibility index (Phi) is 6.01. The second kappa shape index (κ2) is 9.04. The minimum absolute atomic E-state index is 0.0334. The zero-order valence-electron chi connectivity index (χ0n) is 17.9. The molecule has 0 spiro atoms. The van der Waals surface area contributed by atoms with Gasteiger partial charge in [-0.05, 0) is 55.3 Å². The molecule has 2 aromatic heterocycles. The lowest BCUT2D eigenvalue weighted by molar-refractivity contribution is -0.130. The van der Waals surface area contributed by atoms with Crippen molar-refractivity contribution >= 4 is 17.6 Å². The maximum atomic E-state index is 13.3. The lowest BCUT2D eigenvalue weighted by atomic mass is 10.1. The molecule has 1 aromatic carbocycles. The van der Waals surface area contributed by atoms with Crippen LogP contribution in [0.15, 0.2) is 53.0 Å². The number of fused-ring (bicyclic) bond motifs is 1. The molecule has 0 bridgehead atoms. The van der Waals surface area contributed by atoms with Gasteiger partial charge < -0.3 is 14.4 Å². The molecule has 8 heteroatoms. The van der Waals surface area contributed by atoms with E-state index in [1.54, 1.807) is 24.4 Å². The fraction of sp³-hybridized carbons (Fsp3) is 0.250. The normalized spacial score (nSPS) is 14.3. The highest BCUT2D eigenvalue weighted by atomic mass is 16.5. The molecule has 4 rings (SSSR count). The monoisotopic (exact) mass is 430 g/mol. The lowest BCUT2D eigenvalue weighted by Gasteiger charge is -2.26. The third-order valence-corrected chi connectivity index (χ3v) is 5.08. The molecule has 0 atom stereocenters. The Morgan fingerprint density at radius 3 is 2.59 bits per heavy atom. The van der Waals surface area contributed by atoms with Crippen molar-refractivity contribution in [1.82, 2.24) is 14.3 Å². The van der Waals surface area contributed by atoms with Crippen LogP contribution in [0, 0.1) is 25.2 Å². The predicted octanol–water partition coefficient (Wildman–Crippen LogP) is 2.87. The molecular weight excluding hydrogens is 408 g/mol. The molecule has 162 valence electrons. The zero-order valence-corrected chi connectivity index (χ0v) is 17.9. The number of benzene rings is 1. The maximum absolute atomic E-state index is 13.3. The minimum Gasteiger partial charge on any atom is -0.438 e. The first-order valence-electron chi connectivity index (χ1n) is 10.2. The molecule has 0 aliphatic carbocycles. The number of morpholine rings is 1. The molecule has 1 fully saturated rings. The Hall–Kier alpha value is -3.96. The van der Waals surface area contributed by atoms with Crippen LogP contribution in [0.1, 0.15) is 16.7 Å². The quantitative estimate of drug-likeness (QED) is 0.466. The molecule has 1 aliphatic heterocycles. The summed E-state index contributed by atoms with van der Waals surface area (Å²) < 4.78 is 12.6. The molecule has 32 heavy (non-hydrogen) atoms. The van der Waals surface area contributed by atoms with Gasteiger partial charge >= 0.3 is 0 Å². The summed E-state index contributed by atoms with van der Waals surface area (Å²) in [5.41, 5.74) is 1.83. The summed E-state index contributed by atoms with van der Waals surface area (Å²) in [6.45, 7) is 5.48. The zero-order chi connectivity index (χ0) is 22.7. The molecule has 0 N–H and O–H groups in total. The van der Waals surface area contributed by atoms with E-state index in [4.69, 9.17) is 9.47 Å². The molecule has 1 amide bonds. The van der Waals surface area contributed by atoms with E-state index in [0.29, 0.717) is 37.7 Å². The number of pyridine rings is 1. The van der Waals surface area contributed by atoms with Gasteiger partial charge in [0.25, 0.3) is 11.5 Å². The van der Waals surface area contributed by atoms with E-state index in [0.717, 1.165) is 11.1 Å².